The van der Waals surface area contributed by atoms with Gasteiger partial charge in [0.1, 0.15) is 5.82 Å². The lowest BCUT2D eigenvalue weighted by Crippen LogP contribution is -2.46. The van der Waals surface area contributed by atoms with E-state index in [2.05, 4.69) is 22.2 Å². The fraction of sp³-hybridized carbons (Fsp3) is 0.533. The van der Waals surface area contributed by atoms with E-state index in [4.69, 9.17) is 0 Å². The number of piperazine rings is 1. The van der Waals surface area contributed by atoms with Crippen molar-refractivity contribution in [3.05, 3.63) is 35.1 Å². The van der Waals surface area contributed by atoms with Crippen molar-refractivity contribution in [1.29, 1.82) is 0 Å². The molecule has 1 aliphatic heterocycles. The number of nitrogens with zero attached hydrogens (tertiary/aromatic N) is 2. The van der Waals surface area contributed by atoms with E-state index in [9.17, 15) is 9.18 Å². The van der Waals surface area contributed by atoms with Crippen molar-refractivity contribution in [1.82, 2.24) is 15.1 Å². The average molecular weight is 279 g/mol. The molecule has 1 N–H and O–H groups in total. The zero-order valence-corrected chi connectivity index (χ0v) is 12.2. The minimum atomic E-state index is -0.279. The van der Waals surface area contributed by atoms with Gasteiger partial charge >= 0.3 is 0 Å². The van der Waals surface area contributed by atoms with Gasteiger partial charge in [-0.25, -0.2) is 4.39 Å². The van der Waals surface area contributed by atoms with Gasteiger partial charge in [0, 0.05) is 44.8 Å². The topological polar surface area (TPSA) is 35.6 Å². The Bertz CT molecular complexity index is 470. The van der Waals surface area contributed by atoms with Crippen LogP contribution in [0.3, 0.4) is 0 Å². The van der Waals surface area contributed by atoms with E-state index >= 15 is 0 Å². The number of aryl methyl sites for hydroxylation is 1. The van der Waals surface area contributed by atoms with Gasteiger partial charge in [-0.15, -0.1) is 0 Å². The van der Waals surface area contributed by atoms with Gasteiger partial charge in [-0.05, 0) is 37.7 Å². The van der Waals surface area contributed by atoms with Gasteiger partial charge in [0.2, 0.25) is 0 Å². The summed E-state index contributed by atoms with van der Waals surface area (Å²) in [6.07, 6.45) is 0. The zero-order valence-electron chi connectivity index (χ0n) is 12.2. The van der Waals surface area contributed by atoms with Crippen LogP contribution >= 0.6 is 0 Å². The number of benzene rings is 1. The summed E-state index contributed by atoms with van der Waals surface area (Å²) in [5.41, 5.74) is 1.01. The standard InChI is InChI=1S/C15H22FN3O/c1-12-11-13(3-4-14(12)16)15(20)17-5-6-19-9-7-18(2)8-10-19/h3-4,11H,5-10H2,1-2H3,(H,17,20). The van der Waals surface area contributed by atoms with Gasteiger partial charge in [-0.3, -0.25) is 9.69 Å². The highest BCUT2D eigenvalue weighted by Gasteiger charge is 2.13. The molecule has 1 aromatic carbocycles. The van der Waals surface area contributed by atoms with E-state index in [0.29, 0.717) is 17.7 Å². The SMILES string of the molecule is Cc1cc(C(=O)NCCN2CCN(C)CC2)ccc1F. The zero-order chi connectivity index (χ0) is 14.5. The molecule has 0 radical (unpaired) electrons. The summed E-state index contributed by atoms with van der Waals surface area (Å²) in [4.78, 5) is 16.6. The van der Waals surface area contributed by atoms with Crippen LogP contribution in [0.1, 0.15) is 15.9 Å². The first kappa shape index (κ1) is 14.9. The molecule has 1 fully saturated rings. The van der Waals surface area contributed by atoms with Crippen molar-refractivity contribution >= 4 is 5.91 Å². The number of hydrogen-bond donors (Lipinski definition) is 1. The number of carbonyl (C=O) groups is 1. The first-order valence-electron chi connectivity index (χ1n) is 7.01. The molecule has 1 amide bonds. The van der Waals surface area contributed by atoms with E-state index in [0.717, 1.165) is 32.7 Å². The largest absolute Gasteiger partial charge is 0.351 e. The molecule has 0 aromatic heterocycles. The number of halogens is 1. The molecule has 1 aliphatic rings. The number of likely N-dealkylation sites (N-methyl/N-ethyl adjacent to an activating group) is 1. The predicted molar refractivity (Wildman–Crippen MR) is 77.4 cm³/mol. The summed E-state index contributed by atoms with van der Waals surface area (Å²) in [7, 11) is 2.12. The van der Waals surface area contributed by atoms with Crippen molar-refractivity contribution in [2.24, 2.45) is 0 Å². The van der Waals surface area contributed by atoms with Crippen LogP contribution in [-0.2, 0) is 0 Å². The molecule has 1 heterocycles. The molecule has 1 saturated heterocycles. The Kier molecular flexibility index (Phi) is 5.09. The Labute approximate surface area is 119 Å². The summed E-state index contributed by atoms with van der Waals surface area (Å²) in [5, 5.41) is 2.89. The molecule has 4 nitrogen and oxygen atoms in total. The lowest BCUT2D eigenvalue weighted by Gasteiger charge is -2.32. The van der Waals surface area contributed by atoms with Crippen LogP contribution in [0.5, 0.6) is 0 Å². The maximum Gasteiger partial charge on any atom is 0.251 e. The Morgan fingerprint density at radius 3 is 2.65 bits per heavy atom. The van der Waals surface area contributed by atoms with Gasteiger partial charge < -0.3 is 10.2 Å². The average Bonchev–Trinajstić information content (AvgIpc) is 2.44. The third-order valence-corrected chi connectivity index (χ3v) is 3.73. The molecule has 0 atom stereocenters. The number of amides is 1. The van der Waals surface area contributed by atoms with Crippen LogP contribution in [0, 0.1) is 12.7 Å². The first-order chi connectivity index (χ1) is 9.56. The highest BCUT2D eigenvalue weighted by Crippen LogP contribution is 2.09. The van der Waals surface area contributed by atoms with E-state index in [-0.39, 0.29) is 11.7 Å². The molecule has 0 bridgehead atoms. The molecule has 1 aromatic rings. The molecule has 0 spiro atoms. The molecule has 2 rings (SSSR count). The van der Waals surface area contributed by atoms with Crippen molar-refractivity contribution in [2.45, 2.75) is 6.92 Å². The smallest absolute Gasteiger partial charge is 0.251 e. The predicted octanol–water partition coefficient (Wildman–Crippen LogP) is 1.11. The fourth-order valence-corrected chi connectivity index (χ4v) is 2.29. The van der Waals surface area contributed by atoms with E-state index in [1.54, 1.807) is 13.0 Å². The monoisotopic (exact) mass is 279 g/mol. The fourth-order valence-electron chi connectivity index (χ4n) is 2.29. The maximum atomic E-state index is 13.1. The van der Waals surface area contributed by atoms with Crippen LogP contribution in [0.25, 0.3) is 0 Å². The number of hydrogen-bond acceptors (Lipinski definition) is 3. The minimum Gasteiger partial charge on any atom is -0.351 e. The summed E-state index contributed by atoms with van der Waals surface area (Å²) in [6, 6.07) is 4.44. The Hall–Kier alpha value is -1.46. The van der Waals surface area contributed by atoms with E-state index in [1.165, 1.54) is 12.1 Å². The molecule has 0 unspecified atom stereocenters. The van der Waals surface area contributed by atoms with Crippen LogP contribution in [0.4, 0.5) is 4.39 Å². The van der Waals surface area contributed by atoms with Gasteiger partial charge in [-0.1, -0.05) is 0 Å². The second kappa shape index (κ2) is 6.81. The second-order valence-corrected chi connectivity index (χ2v) is 5.36. The highest BCUT2D eigenvalue weighted by atomic mass is 19.1. The van der Waals surface area contributed by atoms with Gasteiger partial charge in [0.15, 0.2) is 0 Å². The molecule has 20 heavy (non-hydrogen) atoms. The molecule has 5 heteroatoms. The number of carbonyl (C=O) groups excluding carboxylic acids is 1. The van der Waals surface area contributed by atoms with Gasteiger partial charge in [0.05, 0.1) is 0 Å². The van der Waals surface area contributed by atoms with Crippen molar-refractivity contribution in [2.75, 3.05) is 46.3 Å². The summed E-state index contributed by atoms with van der Waals surface area (Å²) in [6.45, 7) is 7.38. The van der Waals surface area contributed by atoms with Gasteiger partial charge in [0.25, 0.3) is 5.91 Å². The highest BCUT2D eigenvalue weighted by molar-refractivity contribution is 5.94. The Morgan fingerprint density at radius 1 is 1.30 bits per heavy atom. The maximum absolute atomic E-state index is 13.1. The third-order valence-electron chi connectivity index (χ3n) is 3.73. The molecular formula is C15H22FN3O. The van der Waals surface area contributed by atoms with Crippen molar-refractivity contribution in [3.8, 4) is 0 Å². The van der Waals surface area contributed by atoms with Crippen LogP contribution in [-0.4, -0.2) is 62.0 Å². The van der Waals surface area contributed by atoms with Gasteiger partial charge in [-0.2, -0.15) is 0 Å². The van der Waals surface area contributed by atoms with Crippen LogP contribution in [0.2, 0.25) is 0 Å². The molecule has 0 aliphatic carbocycles. The van der Waals surface area contributed by atoms with Crippen molar-refractivity contribution in [3.63, 3.8) is 0 Å². The quantitative estimate of drug-likeness (QED) is 0.897. The van der Waals surface area contributed by atoms with Crippen molar-refractivity contribution < 1.29 is 9.18 Å². The van der Waals surface area contributed by atoms with Crippen LogP contribution < -0.4 is 5.32 Å². The molecule has 0 saturated carbocycles. The minimum absolute atomic E-state index is 0.137. The normalized spacial score (nSPS) is 17.1. The third kappa shape index (κ3) is 4.02. The second-order valence-electron chi connectivity index (χ2n) is 5.36. The lowest BCUT2D eigenvalue weighted by atomic mass is 10.1. The molecular weight excluding hydrogens is 257 g/mol. The number of rotatable bonds is 4. The summed E-state index contributed by atoms with van der Waals surface area (Å²) in [5.74, 6) is -0.416. The Balaban J connectivity index is 1.76. The number of nitrogens with one attached hydrogen (secondary N) is 1. The first-order valence-corrected chi connectivity index (χ1v) is 7.01. The lowest BCUT2D eigenvalue weighted by molar-refractivity contribution is 0.0941. The van der Waals surface area contributed by atoms with Crippen LogP contribution in [0.15, 0.2) is 18.2 Å². The summed E-state index contributed by atoms with van der Waals surface area (Å²) < 4.78 is 13.1. The van der Waals surface area contributed by atoms with E-state index in [1.807, 2.05) is 0 Å². The molecule has 110 valence electrons. The van der Waals surface area contributed by atoms with E-state index < -0.39 is 0 Å². The summed E-state index contributed by atoms with van der Waals surface area (Å²) >= 11 is 0. The Morgan fingerprint density at radius 2 is 2.00 bits per heavy atom.